The summed E-state index contributed by atoms with van der Waals surface area (Å²) in [6, 6.07) is 25.3. The van der Waals surface area contributed by atoms with E-state index < -0.39 is 0 Å². The molecular weight excluding hydrogens is 401 g/mol. The number of rotatable bonds is 4. The quantitative estimate of drug-likeness (QED) is 0.256. The Kier molecular flexibility index (Phi) is 5.48. The van der Waals surface area contributed by atoms with Gasteiger partial charge in [-0.3, -0.25) is 0 Å². The fourth-order valence-electron chi connectivity index (χ4n) is 2.72. The first kappa shape index (κ1) is 17.6. The standard InChI is InChI=1S/C20H14S5/c21-17-11-9-13-5-1-3-7-15(13)19(17)23-25-24-20-16-8-4-2-6-14(16)10-12-18(20)22/h1-12,21-22H. The molecule has 124 valence electrons. The molecule has 0 atom stereocenters. The molecule has 4 rings (SSSR count). The largest absolute Gasteiger partial charge is 0.142 e. The van der Waals surface area contributed by atoms with Gasteiger partial charge in [0.1, 0.15) is 0 Å². The molecule has 0 N–H and O–H groups in total. The highest BCUT2D eigenvalue weighted by atomic mass is 33.5. The minimum absolute atomic E-state index is 1.01. The zero-order chi connectivity index (χ0) is 17.2. The molecule has 0 saturated carbocycles. The van der Waals surface area contributed by atoms with Crippen LogP contribution in [0.15, 0.2) is 92.4 Å². The molecule has 0 amide bonds. The van der Waals surface area contributed by atoms with Crippen LogP contribution in [-0.4, -0.2) is 0 Å². The van der Waals surface area contributed by atoms with E-state index in [4.69, 9.17) is 0 Å². The maximum Gasteiger partial charge on any atom is 0.0403 e. The van der Waals surface area contributed by atoms with Crippen molar-refractivity contribution < 1.29 is 0 Å². The molecule has 0 aliphatic carbocycles. The lowest BCUT2D eigenvalue weighted by atomic mass is 10.1. The van der Waals surface area contributed by atoms with E-state index in [9.17, 15) is 0 Å². The lowest BCUT2D eigenvalue weighted by molar-refractivity contribution is 1.32. The average Bonchev–Trinajstić information content (AvgIpc) is 2.65. The van der Waals surface area contributed by atoms with Crippen molar-refractivity contribution in [2.45, 2.75) is 19.6 Å². The molecule has 4 aromatic rings. The molecule has 0 heterocycles. The van der Waals surface area contributed by atoms with E-state index in [2.05, 4.69) is 98.1 Å². The van der Waals surface area contributed by atoms with Crippen molar-refractivity contribution in [1.29, 1.82) is 0 Å². The van der Waals surface area contributed by atoms with E-state index in [1.165, 1.54) is 31.3 Å². The molecule has 0 bridgehead atoms. The van der Waals surface area contributed by atoms with Crippen LogP contribution < -0.4 is 0 Å². The Labute approximate surface area is 169 Å². The van der Waals surface area contributed by atoms with Gasteiger partial charge in [-0.25, -0.2) is 0 Å². The molecule has 0 spiro atoms. The summed E-state index contributed by atoms with van der Waals surface area (Å²) in [5, 5.41) is 4.98. The number of hydrogen-bond acceptors (Lipinski definition) is 5. The Morgan fingerprint density at radius 2 is 0.960 bits per heavy atom. The molecule has 0 saturated heterocycles. The highest BCUT2D eigenvalue weighted by Gasteiger charge is 2.10. The lowest BCUT2D eigenvalue weighted by Crippen LogP contribution is -1.79. The monoisotopic (exact) mass is 414 g/mol. The summed E-state index contributed by atoms with van der Waals surface area (Å²) >= 11 is 9.31. The first-order valence-corrected chi connectivity index (χ1v) is 12.0. The fraction of sp³-hybridized carbons (Fsp3) is 0. The topological polar surface area (TPSA) is 0 Å². The summed E-state index contributed by atoms with van der Waals surface area (Å²) in [5.74, 6) is 0. The molecule has 0 fully saturated rings. The Balaban J connectivity index is 1.62. The van der Waals surface area contributed by atoms with Gasteiger partial charge < -0.3 is 0 Å². The molecule has 4 aromatic carbocycles. The van der Waals surface area contributed by atoms with E-state index in [0.29, 0.717) is 0 Å². The molecule has 0 aliphatic heterocycles. The Bertz CT molecular complexity index is 973. The number of benzene rings is 4. The van der Waals surface area contributed by atoms with Crippen LogP contribution in [0, 0.1) is 0 Å². The lowest BCUT2D eigenvalue weighted by Gasteiger charge is -2.10. The van der Waals surface area contributed by atoms with Crippen LogP contribution in [0.3, 0.4) is 0 Å². The second-order valence-corrected chi connectivity index (χ2v) is 10.4. The van der Waals surface area contributed by atoms with Gasteiger partial charge in [0.15, 0.2) is 0 Å². The third kappa shape index (κ3) is 3.67. The third-order valence-electron chi connectivity index (χ3n) is 3.95. The Morgan fingerprint density at radius 1 is 0.520 bits per heavy atom. The van der Waals surface area contributed by atoms with Crippen molar-refractivity contribution in [3.8, 4) is 0 Å². The number of hydrogen-bond donors (Lipinski definition) is 2. The summed E-state index contributed by atoms with van der Waals surface area (Å²) in [6.45, 7) is 0. The minimum Gasteiger partial charge on any atom is -0.142 e. The molecule has 0 aromatic heterocycles. The molecular formula is C20H14S5. The molecule has 0 unspecified atom stereocenters. The van der Waals surface area contributed by atoms with Crippen molar-refractivity contribution in [2.75, 3.05) is 0 Å². The highest BCUT2D eigenvalue weighted by molar-refractivity contribution is 9.09. The summed E-state index contributed by atoms with van der Waals surface area (Å²) < 4.78 is 0. The zero-order valence-electron chi connectivity index (χ0n) is 13.0. The van der Waals surface area contributed by atoms with Crippen LogP contribution in [0.4, 0.5) is 0 Å². The van der Waals surface area contributed by atoms with Gasteiger partial charge in [-0.05, 0) is 65.1 Å². The number of fused-ring (bicyclic) bond motifs is 2. The van der Waals surface area contributed by atoms with Gasteiger partial charge in [-0.2, -0.15) is 0 Å². The first-order valence-electron chi connectivity index (χ1n) is 7.66. The van der Waals surface area contributed by atoms with Crippen LogP contribution >= 0.6 is 56.7 Å². The third-order valence-corrected chi connectivity index (χ3v) is 8.98. The van der Waals surface area contributed by atoms with Crippen LogP contribution in [0.2, 0.25) is 0 Å². The second-order valence-electron chi connectivity index (χ2n) is 5.50. The Hall–Kier alpha value is -0.850. The molecule has 5 heteroatoms. The fourth-order valence-corrected chi connectivity index (χ4v) is 7.90. The summed E-state index contributed by atoms with van der Waals surface area (Å²) in [5.41, 5.74) is 0. The van der Waals surface area contributed by atoms with Gasteiger partial charge in [0.2, 0.25) is 0 Å². The summed E-state index contributed by atoms with van der Waals surface area (Å²) in [7, 11) is 5.27. The predicted octanol–water partition coefficient (Wildman–Crippen LogP) is 8.02. The van der Waals surface area contributed by atoms with Crippen LogP contribution in [0.1, 0.15) is 0 Å². The minimum atomic E-state index is 1.01. The predicted molar refractivity (Wildman–Crippen MR) is 122 cm³/mol. The second kappa shape index (κ2) is 7.80. The van der Waals surface area contributed by atoms with Gasteiger partial charge in [0, 0.05) is 19.6 Å². The maximum absolute atomic E-state index is 4.65. The molecule has 0 aliphatic rings. The zero-order valence-corrected chi connectivity index (χ0v) is 17.3. The van der Waals surface area contributed by atoms with Crippen molar-refractivity contribution in [1.82, 2.24) is 0 Å². The van der Waals surface area contributed by atoms with E-state index in [1.807, 2.05) is 0 Å². The summed E-state index contributed by atoms with van der Waals surface area (Å²) in [6.07, 6.45) is 0. The van der Waals surface area contributed by atoms with E-state index >= 15 is 0 Å². The van der Waals surface area contributed by atoms with Gasteiger partial charge in [-0.15, -0.1) is 25.3 Å². The molecule has 25 heavy (non-hydrogen) atoms. The van der Waals surface area contributed by atoms with Gasteiger partial charge in [0.05, 0.1) is 0 Å². The van der Waals surface area contributed by atoms with Gasteiger partial charge in [-0.1, -0.05) is 60.7 Å². The normalized spacial score (nSPS) is 11.3. The van der Waals surface area contributed by atoms with Crippen LogP contribution in [0.5, 0.6) is 0 Å². The highest BCUT2D eigenvalue weighted by Crippen LogP contribution is 2.50. The van der Waals surface area contributed by atoms with Crippen molar-refractivity contribution >= 4 is 78.2 Å². The molecule has 0 radical (unpaired) electrons. The number of thiol groups is 2. The average molecular weight is 415 g/mol. The SMILES string of the molecule is Sc1ccc2ccccc2c1SSSc1c(S)ccc2ccccc12. The van der Waals surface area contributed by atoms with E-state index in [0.717, 1.165) is 9.79 Å². The van der Waals surface area contributed by atoms with Gasteiger partial charge in [0.25, 0.3) is 0 Å². The first-order chi connectivity index (χ1) is 12.2. The van der Waals surface area contributed by atoms with Gasteiger partial charge >= 0.3 is 0 Å². The smallest absolute Gasteiger partial charge is 0.0403 e. The summed E-state index contributed by atoms with van der Waals surface area (Å²) in [4.78, 5) is 4.45. The Morgan fingerprint density at radius 3 is 1.44 bits per heavy atom. The maximum atomic E-state index is 4.65. The van der Waals surface area contributed by atoms with Crippen molar-refractivity contribution in [2.24, 2.45) is 0 Å². The van der Waals surface area contributed by atoms with Crippen molar-refractivity contribution in [3.63, 3.8) is 0 Å². The van der Waals surface area contributed by atoms with E-state index in [-0.39, 0.29) is 0 Å². The van der Waals surface area contributed by atoms with E-state index in [1.54, 1.807) is 31.4 Å². The van der Waals surface area contributed by atoms with Crippen LogP contribution in [0.25, 0.3) is 21.5 Å². The van der Waals surface area contributed by atoms with Crippen LogP contribution in [-0.2, 0) is 0 Å². The van der Waals surface area contributed by atoms with Crippen molar-refractivity contribution in [3.05, 3.63) is 72.8 Å². The molecule has 0 nitrogen and oxygen atoms in total.